The van der Waals surface area contributed by atoms with Gasteiger partial charge >= 0.3 is 5.97 Å². The number of hydrogen-bond donors (Lipinski definition) is 0. The molecule has 3 heterocycles. The number of aromatic nitrogens is 1. The van der Waals surface area contributed by atoms with Gasteiger partial charge < -0.3 is 9.30 Å². The first kappa shape index (κ1) is 15.9. The molecular formula is C20H21N3O2. The van der Waals surface area contributed by atoms with Gasteiger partial charge in [0.1, 0.15) is 17.6 Å². The summed E-state index contributed by atoms with van der Waals surface area (Å²) in [5.41, 5.74) is 3.67. The minimum atomic E-state index is -0.810. The number of para-hydroxylation sites is 1. The number of carbonyl (C=O) groups excluding carboxylic acids is 1. The zero-order chi connectivity index (χ0) is 17.9. The molecule has 0 amide bonds. The van der Waals surface area contributed by atoms with Gasteiger partial charge in [-0.25, -0.2) is 0 Å². The second-order valence-corrected chi connectivity index (χ2v) is 7.17. The second kappa shape index (κ2) is 5.21. The van der Waals surface area contributed by atoms with E-state index in [-0.39, 0.29) is 12.1 Å². The molecule has 0 N–H and O–H groups in total. The summed E-state index contributed by atoms with van der Waals surface area (Å²) >= 11 is 0. The maximum atomic E-state index is 12.9. The second-order valence-electron chi connectivity index (χ2n) is 7.17. The molecule has 5 heteroatoms. The van der Waals surface area contributed by atoms with Crippen LogP contribution in [0.15, 0.2) is 29.8 Å². The molecule has 2 atom stereocenters. The van der Waals surface area contributed by atoms with Gasteiger partial charge in [0.15, 0.2) is 0 Å². The van der Waals surface area contributed by atoms with Gasteiger partial charge in [-0.1, -0.05) is 18.2 Å². The Morgan fingerprint density at radius 2 is 2.04 bits per heavy atom. The first-order valence-electron chi connectivity index (χ1n) is 8.50. The summed E-state index contributed by atoms with van der Waals surface area (Å²) in [5, 5.41) is 11.0. The molecule has 0 radical (unpaired) electrons. The van der Waals surface area contributed by atoms with Crippen molar-refractivity contribution in [2.24, 2.45) is 5.41 Å². The average molecular weight is 335 g/mol. The van der Waals surface area contributed by atoms with E-state index in [1.54, 1.807) is 0 Å². The minimum Gasteiger partial charge on any atom is -0.465 e. The van der Waals surface area contributed by atoms with E-state index in [1.807, 2.05) is 33.2 Å². The average Bonchev–Trinajstić information content (AvgIpc) is 3.10. The fourth-order valence-electron chi connectivity index (χ4n) is 4.73. The van der Waals surface area contributed by atoms with Crippen molar-refractivity contribution in [2.45, 2.75) is 26.4 Å². The van der Waals surface area contributed by atoms with E-state index in [2.05, 4.69) is 34.6 Å². The van der Waals surface area contributed by atoms with E-state index in [9.17, 15) is 10.1 Å². The third kappa shape index (κ3) is 1.78. The van der Waals surface area contributed by atoms with E-state index >= 15 is 0 Å². The Morgan fingerprint density at radius 3 is 2.64 bits per heavy atom. The van der Waals surface area contributed by atoms with E-state index in [0.29, 0.717) is 18.6 Å². The molecule has 5 nitrogen and oxygen atoms in total. The normalized spacial score (nSPS) is 25.6. The molecule has 0 unspecified atom stereocenters. The highest BCUT2D eigenvalue weighted by atomic mass is 16.5. The fraction of sp³-hybridized carbons (Fsp3) is 0.400. The van der Waals surface area contributed by atoms with E-state index in [0.717, 1.165) is 27.7 Å². The Balaban J connectivity index is 2.19. The maximum absolute atomic E-state index is 12.9. The first-order chi connectivity index (χ1) is 11.9. The maximum Gasteiger partial charge on any atom is 0.319 e. The highest BCUT2D eigenvalue weighted by molar-refractivity contribution is 5.98. The predicted octanol–water partition coefficient (Wildman–Crippen LogP) is 3.25. The lowest BCUT2D eigenvalue weighted by Crippen LogP contribution is -2.48. The number of hydrogen-bond acceptors (Lipinski definition) is 4. The summed E-state index contributed by atoms with van der Waals surface area (Å²) in [4.78, 5) is 15.0. The van der Waals surface area contributed by atoms with Gasteiger partial charge in [0, 0.05) is 11.8 Å². The highest BCUT2D eigenvalue weighted by Gasteiger charge is 2.57. The van der Waals surface area contributed by atoms with Gasteiger partial charge in [0.25, 0.3) is 0 Å². The van der Waals surface area contributed by atoms with Crippen molar-refractivity contribution in [1.82, 2.24) is 9.47 Å². The lowest BCUT2D eigenvalue weighted by atomic mass is 9.71. The van der Waals surface area contributed by atoms with Crippen LogP contribution < -0.4 is 0 Å². The topological polar surface area (TPSA) is 58.3 Å². The number of carbonyl (C=O) groups is 1. The van der Waals surface area contributed by atoms with Crippen molar-refractivity contribution < 1.29 is 9.53 Å². The summed E-state index contributed by atoms with van der Waals surface area (Å²) in [7, 11) is 3.97. The molecule has 1 aromatic carbocycles. The van der Waals surface area contributed by atoms with Crippen molar-refractivity contribution in [1.29, 1.82) is 5.26 Å². The number of aryl methyl sites for hydroxylation is 1. The standard InChI is InChI=1S/C20H21N3O2/c1-12-14-7-5-6-8-16(14)23-17(12)15(11-21)13(2)20(18(23)22(3)4)9-10-25-19(20)24/h5-8,18H,9-10H2,1-4H3/t18-,20-/m1/s1. The molecule has 2 aliphatic rings. The third-order valence-corrected chi connectivity index (χ3v) is 5.82. The summed E-state index contributed by atoms with van der Waals surface area (Å²) < 4.78 is 7.57. The number of fused-ring (bicyclic) bond motifs is 3. The number of allylic oxidation sites excluding steroid dienone is 1. The van der Waals surface area contributed by atoms with Crippen LogP contribution in [-0.2, 0) is 9.53 Å². The Morgan fingerprint density at radius 1 is 1.32 bits per heavy atom. The molecule has 1 fully saturated rings. The van der Waals surface area contributed by atoms with E-state index < -0.39 is 5.41 Å². The summed E-state index contributed by atoms with van der Waals surface area (Å²) in [6, 6.07) is 10.5. The van der Waals surface area contributed by atoms with Crippen molar-refractivity contribution >= 4 is 22.4 Å². The van der Waals surface area contributed by atoms with Gasteiger partial charge in [-0.3, -0.25) is 9.69 Å². The smallest absolute Gasteiger partial charge is 0.319 e. The van der Waals surface area contributed by atoms with Crippen molar-refractivity contribution in [3.63, 3.8) is 0 Å². The zero-order valence-electron chi connectivity index (χ0n) is 15.0. The number of nitrogens with zero attached hydrogens (tertiary/aromatic N) is 3. The molecule has 128 valence electrons. The Hall–Kier alpha value is -2.58. The van der Waals surface area contributed by atoms with Crippen LogP contribution in [0.2, 0.25) is 0 Å². The molecule has 0 bridgehead atoms. The number of esters is 1. The van der Waals surface area contributed by atoms with Crippen LogP contribution in [0.4, 0.5) is 0 Å². The molecule has 1 aromatic heterocycles. The molecule has 1 spiro atoms. The summed E-state index contributed by atoms with van der Waals surface area (Å²) in [5.74, 6) is -0.225. The lowest BCUT2D eigenvalue weighted by Gasteiger charge is -2.44. The quantitative estimate of drug-likeness (QED) is 0.751. The molecule has 4 rings (SSSR count). The number of nitriles is 1. The molecular weight excluding hydrogens is 314 g/mol. The van der Waals surface area contributed by atoms with Crippen LogP contribution in [0, 0.1) is 23.7 Å². The third-order valence-electron chi connectivity index (χ3n) is 5.82. The van der Waals surface area contributed by atoms with Gasteiger partial charge in [0.2, 0.25) is 0 Å². The van der Waals surface area contributed by atoms with Gasteiger partial charge in [-0.2, -0.15) is 5.26 Å². The van der Waals surface area contributed by atoms with Crippen molar-refractivity contribution in [3.05, 3.63) is 41.1 Å². The van der Waals surface area contributed by atoms with Crippen LogP contribution in [-0.4, -0.2) is 36.1 Å². The molecule has 0 saturated carbocycles. The Kier molecular flexibility index (Phi) is 3.32. The van der Waals surface area contributed by atoms with Crippen LogP contribution in [0.5, 0.6) is 0 Å². The summed E-state index contributed by atoms with van der Waals surface area (Å²) in [6.45, 7) is 4.37. The van der Waals surface area contributed by atoms with E-state index in [1.165, 1.54) is 0 Å². The molecule has 2 aromatic rings. The first-order valence-corrected chi connectivity index (χ1v) is 8.50. The summed E-state index contributed by atoms with van der Waals surface area (Å²) in [6.07, 6.45) is 0.379. The van der Waals surface area contributed by atoms with Crippen LogP contribution in [0.1, 0.15) is 30.8 Å². The monoisotopic (exact) mass is 335 g/mol. The molecule has 2 aliphatic heterocycles. The Bertz CT molecular complexity index is 977. The predicted molar refractivity (Wildman–Crippen MR) is 95.6 cm³/mol. The fourth-order valence-corrected chi connectivity index (χ4v) is 4.73. The lowest BCUT2D eigenvalue weighted by molar-refractivity contribution is -0.149. The molecule has 0 aliphatic carbocycles. The molecule has 1 saturated heterocycles. The zero-order valence-corrected chi connectivity index (χ0v) is 15.0. The Labute approximate surface area is 147 Å². The van der Waals surface area contributed by atoms with E-state index in [4.69, 9.17) is 4.74 Å². The van der Waals surface area contributed by atoms with Crippen molar-refractivity contribution in [2.75, 3.05) is 20.7 Å². The largest absolute Gasteiger partial charge is 0.465 e. The van der Waals surface area contributed by atoms with Crippen LogP contribution in [0.3, 0.4) is 0 Å². The SMILES string of the molecule is CC1=C(C#N)c2c(C)c3ccccc3n2[C@@H](N(C)C)[C@@]12CCOC2=O. The molecule has 25 heavy (non-hydrogen) atoms. The minimum absolute atomic E-state index is 0.215. The van der Waals surface area contributed by atoms with Gasteiger partial charge in [-0.15, -0.1) is 0 Å². The number of cyclic esters (lactones) is 1. The number of ether oxygens (including phenoxy) is 1. The van der Waals surface area contributed by atoms with Crippen LogP contribution in [0.25, 0.3) is 16.5 Å². The number of benzene rings is 1. The van der Waals surface area contributed by atoms with Crippen molar-refractivity contribution in [3.8, 4) is 6.07 Å². The van der Waals surface area contributed by atoms with Gasteiger partial charge in [-0.05, 0) is 45.1 Å². The van der Waals surface area contributed by atoms with Gasteiger partial charge in [0.05, 0.1) is 23.4 Å². The van der Waals surface area contributed by atoms with Crippen LogP contribution >= 0.6 is 0 Å². The highest BCUT2D eigenvalue weighted by Crippen LogP contribution is 2.55. The number of rotatable bonds is 1.